The fourth-order valence-corrected chi connectivity index (χ4v) is 2.08. The SMILES string of the molecule is CCc1cccc(NC(=O)N(CC)C(C)CC(=O)O)c1. The second kappa shape index (κ2) is 7.53. The molecule has 1 aromatic rings. The van der Waals surface area contributed by atoms with Gasteiger partial charge in [0.05, 0.1) is 6.42 Å². The number of hydrogen-bond acceptors (Lipinski definition) is 2. The Hall–Kier alpha value is -2.04. The zero-order valence-corrected chi connectivity index (χ0v) is 12.2. The maximum absolute atomic E-state index is 12.2. The van der Waals surface area contributed by atoms with Gasteiger partial charge in [-0.05, 0) is 38.0 Å². The van der Waals surface area contributed by atoms with Gasteiger partial charge in [-0.25, -0.2) is 4.79 Å². The summed E-state index contributed by atoms with van der Waals surface area (Å²) in [5.74, 6) is -0.906. The van der Waals surface area contributed by atoms with Gasteiger partial charge in [0.2, 0.25) is 0 Å². The molecule has 1 aromatic carbocycles. The summed E-state index contributed by atoms with van der Waals surface area (Å²) in [5, 5.41) is 11.6. The Morgan fingerprint density at radius 1 is 1.35 bits per heavy atom. The highest BCUT2D eigenvalue weighted by Gasteiger charge is 2.20. The molecule has 0 spiro atoms. The van der Waals surface area contributed by atoms with E-state index in [0.29, 0.717) is 6.54 Å². The Kier molecular flexibility index (Phi) is 6.03. The lowest BCUT2D eigenvalue weighted by Gasteiger charge is -2.27. The van der Waals surface area contributed by atoms with Gasteiger partial charge < -0.3 is 15.3 Å². The average Bonchev–Trinajstić information content (AvgIpc) is 2.38. The second-order valence-corrected chi connectivity index (χ2v) is 4.72. The van der Waals surface area contributed by atoms with E-state index < -0.39 is 5.97 Å². The number of benzene rings is 1. The topological polar surface area (TPSA) is 69.6 Å². The summed E-state index contributed by atoms with van der Waals surface area (Å²) in [5.41, 5.74) is 1.87. The molecular formula is C15H22N2O3. The largest absolute Gasteiger partial charge is 0.481 e. The van der Waals surface area contributed by atoms with Crippen molar-refractivity contribution in [1.82, 2.24) is 4.90 Å². The smallest absolute Gasteiger partial charge is 0.322 e. The van der Waals surface area contributed by atoms with Crippen molar-refractivity contribution in [3.8, 4) is 0 Å². The van der Waals surface area contributed by atoms with Crippen molar-refractivity contribution in [3.63, 3.8) is 0 Å². The standard InChI is InChI=1S/C15H22N2O3/c1-4-12-7-6-8-13(10-12)16-15(20)17(5-2)11(3)9-14(18)19/h6-8,10-11H,4-5,9H2,1-3H3,(H,16,20)(H,18,19). The Balaban J connectivity index is 2.73. The summed E-state index contributed by atoms with van der Waals surface area (Å²) in [6.45, 7) is 6.09. The van der Waals surface area contributed by atoms with Crippen molar-refractivity contribution < 1.29 is 14.7 Å². The van der Waals surface area contributed by atoms with Crippen LogP contribution in [-0.2, 0) is 11.2 Å². The highest BCUT2D eigenvalue weighted by Crippen LogP contribution is 2.13. The van der Waals surface area contributed by atoms with Gasteiger partial charge in [0, 0.05) is 18.3 Å². The number of hydrogen-bond donors (Lipinski definition) is 2. The Morgan fingerprint density at radius 3 is 2.60 bits per heavy atom. The van der Waals surface area contributed by atoms with E-state index in [4.69, 9.17) is 5.11 Å². The summed E-state index contributed by atoms with van der Waals surface area (Å²) in [6, 6.07) is 7.04. The molecule has 2 N–H and O–H groups in total. The van der Waals surface area contributed by atoms with E-state index >= 15 is 0 Å². The minimum atomic E-state index is -0.906. The molecule has 1 unspecified atom stereocenters. The van der Waals surface area contributed by atoms with Crippen LogP contribution < -0.4 is 5.32 Å². The van der Waals surface area contributed by atoms with Gasteiger partial charge >= 0.3 is 12.0 Å². The highest BCUT2D eigenvalue weighted by molar-refractivity contribution is 5.89. The molecule has 0 heterocycles. The number of aryl methyl sites for hydroxylation is 1. The Morgan fingerprint density at radius 2 is 2.05 bits per heavy atom. The molecule has 1 atom stereocenters. The zero-order valence-electron chi connectivity index (χ0n) is 12.2. The number of carboxylic acid groups (broad SMARTS) is 1. The third-order valence-corrected chi connectivity index (χ3v) is 3.19. The molecular weight excluding hydrogens is 256 g/mol. The number of nitrogens with zero attached hydrogens (tertiary/aromatic N) is 1. The van der Waals surface area contributed by atoms with Crippen LogP contribution in [0.4, 0.5) is 10.5 Å². The molecule has 0 aliphatic carbocycles. The summed E-state index contributed by atoms with van der Waals surface area (Å²) in [6.07, 6.45) is 0.840. The molecule has 0 aromatic heterocycles. The molecule has 5 heteroatoms. The number of rotatable bonds is 6. The first-order valence-corrected chi connectivity index (χ1v) is 6.86. The minimum Gasteiger partial charge on any atom is -0.481 e. The van der Waals surface area contributed by atoms with Gasteiger partial charge in [-0.2, -0.15) is 0 Å². The second-order valence-electron chi connectivity index (χ2n) is 4.72. The van der Waals surface area contributed by atoms with Gasteiger partial charge in [0.25, 0.3) is 0 Å². The lowest BCUT2D eigenvalue weighted by atomic mass is 10.1. The molecule has 2 amide bonds. The van der Waals surface area contributed by atoms with Crippen molar-refractivity contribution in [2.45, 2.75) is 39.7 Å². The van der Waals surface area contributed by atoms with E-state index in [2.05, 4.69) is 5.32 Å². The summed E-state index contributed by atoms with van der Waals surface area (Å²) < 4.78 is 0. The van der Waals surface area contributed by atoms with E-state index in [-0.39, 0.29) is 18.5 Å². The van der Waals surface area contributed by atoms with E-state index in [1.807, 2.05) is 38.1 Å². The third-order valence-electron chi connectivity index (χ3n) is 3.19. The van der Waals surface area contributed by atoms with Crippen molar-refractivity contribution in [1.29, 1.82) is 0 Å². The molecule has 20 heavy (non-hydrogen) atoms. The maximum Gasteiger partial charge on any atom is 0.322 e. The van der Waals surface area contributed by atoms with Gasteiger partial charge in [0.15, 0.2) is 0 Å². The first kappa shape index (κ1) is 16.0. The third kappa shape index (κ3) is 4.57. The molecule has 0 saturated heterocycles. The number of carbonyl (C=O) groups excluding carboxylic acids is 1. The summed E-state index contributed by atoms with van der Waals surface area (Å²) >= 11 is 0. The van der Waals surface area contributed by atoms with Gasteiger partial charge in [0.1, 0.15) is 0 Å². The van der Waals surface area contributed by atoms with Crippen LogP contribution in [0.2, 0.25) is 0 Å². The maximum atomic E-state index is 12.2. The highest BCUT2D eigenvalue weighted by atomic mass is 16.4. The van der Waals surface area contributed by atoms with Crippen LogP contribution in [0.1, 0.15) is 32.8 Å². The zero-order chi connectivity index (χ0) is 15.1. The van der Waals surface area contributed by atoms with E-state index in [1.165, 1.54) is 4.90 Å². The molecule has 110 valence electrons. The van der Waals surface area contributed by atoms with Crippen LogP contribution in [0.15, 0.2) is 24.3 Å². The van der Waals surface area contributed by atoms with Crippen LogP contribution in [0.3, 0.4) is 0 Å². The van der Waals surface area contributed by atoms with Crippen molar-refractivity contribution >= 4 is 17.7 Å². The first-order chi connectivity index (χ1) is 9.47. The molecule has 0 bridgehead atoms. The normalized spacial score (nSPS) is 11.8. The molecule has 1 rings (SSSR count). The van der Waals surface area contributed by atoms with E-state index in [0.717, 1.165) is 17.7 Å². The molecule has 0 aliphatic rings. The number of anilines is 1. The molecule has 0 fully saturated rings. The predicted octanol–water partition coefficient (Wildman–Crippen LogP) is 2.97. The van der Waals surface area contributed by atoms with Gasteiger partial charge in [-0.3, -0.25) is 4.79 Å². The number of carboxylic acids is 1. The number of nitrogens with one attached hydrogen (secondary N) is 1. The number of aliphatic carboxylic acids is 1. The molecule has 0 saturated carbocycles. The fraction of sp³-hybridized carbons (Fsp3) is 0.467. The van der Waals surface area contributed by atoms with Gasteiger partial charge in [-0.1, -0.05) is 19.1 Å². The van der Waals surface area contributed by atoms with Crippen LogP contribution >= 0.6 is 0 Å². The van der Waals surface area contributed by atoms with Gasteiger partial charge in [-0.15, -0.1) is 0 Å². The fourth-order valence-electron chi connectivity index (χ4n) is 2.08. The number of urea groups is 1. The first-order valence-electron chi connectivity index (χ1n) is 6.86. The van der Waals surface area contributed by atoms with Crippen LogP contribution in [0.25, 0.3) is 0 Å². The lowest BCUT2D eigenvalue weighted by molar-refractivity contribution is -0.137. The van der Waals surface area contributed by atoms with Crippen molar-refractivity contribution in [3.05, 3.63) is 29.8 Å². The molecule has 0 radical (unpaired) electrons. The van der Waals surface area contributed by atoms with Crippen LogP contribution in [0, 0.1) is 0 Å². The molecule has 0 aliphatic heterocycles. The molecule has 5 nitrogen and oxygen atoms in total. The minimum absolute atomic E-state index is 0.0593. The number of carbonyl (C=O) groups is 2. The average molecular weight is 278 g/mol. The van der Waals surface area contributed by atoms with E-state index in [1.54, 1.807) is 6.92 Å². The van der Waals surface area contributed by atoms with Crippen molar-refractivity contribution in [2.75, 3.05) is 11.9 Å². The number of amides is 2. The predicted molar refractivity (Wildman–Crippen MR) is 78.9 cm³/mol. The van der Waals surface area contributed by atoms with Crippen LogP contribution in [0.5, 0.6) is 0 Å². The quantitative estimate of drug-likeness (QED) is 0.840. The Bertz CT molecular complexity index is 474. The van der Waals surface area contributed by atoms with Crippen LogP contribution in [-0.4, -0.2) is 34.6 Å². The summed E-state index contributed by atoms with van der Waals surface area (Å²) in [7, 11) is 0. The summed E-state index contributed by atoms with van der Waals surface area (Å²) in [4.78, 5) is 24.4. The lowest BCUT2D eigenvalue weighted by Crippen LogP contribution is -2.42. The monoisotopic (exact) mass is 278 g/mol. The van der Waals surface area contributed by atoms with Crippen molar-refractivity contribution in [2.24, 2.45) is 0 Å². The Labute approximate surface area is 119 Å². The van der Waals surface area contributed by atoms with E-state index in [9.17, 15) is 9.59 Å².